The number of nitrogens with zero attached hydrogens (tertiary/aromatic N) is 1. The van der Waals surface area contributed by atoms with Crippen LogP contribution in [0.2, 0.25) is 0 Å². The molecule has 3 nitrogen and oxygen atoms in total. The zero-order valence-electron chi connectivity index (χ0n) is 9.14. The third-order valence-corrected chi connectivity index (χ3v) is 2.85. The normalized spacial score (nSPS) is 10.3. The van der Waals surface area contributed by atoms with E-state index < -0.39 is 0 Å². The first-order chi connectivity index (χ1) is 7.81. The lowest BCUT2D eigenvalue weighted by Crippen LogP contribution is -1.94. The first-order valence-corrected chi connectivity index (χ1v) is 6.11. The van der Waals surface area contributed by atoms with Crippen molar-refractivity contribution in [3.05, 3.63) is 29.8 Å². The maximum Gasteiger partial charge on any atom is 0.119 e. The fourth-order valence-electron chi connectivity index (χ4n) is 1.40. The molecular weight excluding hydrogens is 220 g/mol. The number of hydrogen-bond acceptors (Lipinski definition) is 4. The van der Waals surface area contributed by atoms with Crippen LogP contribution in [-0.4, -0.2) is 11.6 Å². The molecule has 0 unspecified atom stereocenters. The van der Waals surface area contributed by atoms with Gasteiger partial charge in [-0.05, 0) is 30.7 Å². The zero-order chi connectivity index (χ0) is 11.4. The second-order valence-corrected chi connectivity index (χ2v) is 4.32. The molecule has 0 spiro atoms. The minimum Gasteiger partial charge on any atom is -0.494 e. The molecule has 0 atom stereocenters. The molecule has 16 heavy (non-hydrogen) atoms. The Balaban J connectivity index is 2.16. The van der Waals surface area contributed by atoms with Crippen molar-refractivity contribution in [2.75, 3.05) is 12.3 Å². The summed E-state index contributed by atoms with van der Waals surface area (Å²) in [6.45, 7) is 2.84. The number of benzene rings is 1. The number of thiazole rings is 1. The second kappa shape index (κ2) is 4.99. The SMILES string of the molecule is CCCOc1ccc(-c2ncsc2N)cc1. The minimum absolute atomic E-state index is 0.748. The first kappa shape index (κ1) is 11.0. The van der Waals surface area contributed by atoms with E-state index in [4.69, 9.17) is 10.5 Å². The van der Waals surface area contributed by atoms with Gasteiger partial charge in [0.1, 0.15) is 16.4 Å². The van der Waals surface area contributed by atoms with E-state index in [-0.39, 0.29) is 0 Å². The summed E-state index contributed by atoms with van der Waals surface area (Å²) in [6, 6.07) is 7.86. The van der Waals surface area contributed by atoms with Crippen LogP contribution in [0.3, 0.4) is 0 Å². The van der Waals surface area contributed by atoms with E-state index >= 15 is 0 Å². The highest BCUT2D eigenvalue weighted by Crippen LogP contribution is 2.28. The van der Waals surface area contributed by atoms with Crippen molar-refractivity contribution in [1.82, 2.24) is 4.98 Å². The molecule has 0 aliphatic rings. The van der Waals surface area contributed by atoms with Gasteiger partial charge in [0.25, 0.3) is 0 Å². The maximum absolute atomic E-state index is 5.82. The highest BCUT2D eigenvalue weighted by atomic mass is 32.1. The van der Waals surface area contributed by atoms with Gasteiger partial charge >= 0.3 is 0 Å². The molecule has 1 aromatic heterocycles. The van der Waals surface area contributed by atoms with Crippen molar-refractivity contribution < 1.29 is 4.74 Å². The molecule has 2 rings (SSSR count). The van der Waals surface area contributed by atoms with Gasteiger partial charge in [-0.3, -0.25) is 0 Å². The lowest BCUT2D eigenvalue weighted by molar-refractivity contribution is 0.317. The van der Waals surface area contributed by atoms with E-state index in [2.05, 4.69) is 11.9 Å². The Hall–Kier alpha value is -1.55. The largest absolute Gasteiger partial charge is 0.494 e. The van der Waals surface area contributed by atoms with E-state index in [0.717, 1.165) is 35.0 Å². The number of aromatic nitrogens is 1. The minimum atomic E-state index is 0.748. The summed E-state index contributed by atoms with van der Waals surface area (Å²) in [6.07, 6.45) is 1.01. The van der Waals surface area contributed by atoms with E-state index in [0.29, 0.717) is 0 Å². The first-order valence-electron chi connectivity index (χ1n) is 5.23. The molecule has 84 valence electrons. The highest BCUT2D eigenvalue weighted by Gasteiger charge is 2.05. The summed E-state index contributed by atoms with van der Waals surface area (Å²) in [4.78, 5) is 4.23. The Morgan fingerprint density at radius 1 is 1.31 bits per heavy atom. The van der Waals surface area contributed by atoms with Crippen LogP contribution in [-0.2, 0) is 0 Å². The molecule has 0 radical (unpaired) electrons. The van der Waals surface area contributed by atoms with Crippen LogP contribution < -0.4 is 10.5 Å². The average molecular weight is 234 g/mol. The molecule has 4 heteroatoms. The van der Waals surface area contributed by atoms with E-state index in [1.165, 1.54) is 11.3 Å². The van der Waals surface area contributed by atoms with Crippen LogP contribution >= 0.6 is 11.3 Å². The fourth-order valence-corrected chi connectivity index (χ4v) is 1.95. The van der Waals surface area contributed by atoms with Crippen molar-refractivity contribution in [1.29, 1.82) is 0 Å². The molecule has 1 heterocycles. The Morgan fingerprint density at radius 2 is 2.06 bits per heavy atom. The van der Waals surface area contributed by atoms with Crippen molar-refractivity contribution in [2.45, 2.75) is 13.3 Å². The van der Waals surface area contributed by atoms with Crippen molar-refractivity contribution in [3.8, 4) is 17.0 Å². The summed E-state index contributed by atoms with van der Waals surface area (Å²) in [7, 11) is 0. The van der Waals surface area contributed by atoms with Gasteiger partial charge in [0.2, 0.25) is 0 Å². The van der Waals surface area contributed by atoms with Gasteiger partial charge in [0.05, 0.1) is 12.1 Å². The molecule has 0 bridgehead atoms. The summed E-state index contributed by atoms with van der Waals surface area (Å²) in [5.41, 5.74) is 9.46. The van der Waals surface area contributed by atoms with E-state index in [1.807, 2.05) is 24.3 Å². The van der Waals surface area contributed by atoms with Crippen molar-refractivity contribution >= 4 is 16.3 Å². The van der Waals surface area contributed by atoms with Gasteiger partial charge in [-0.25, -0.2) is 4.98 Å². The summed E-state index contributed by atoms with van der Waals surface area (Å²) in [5, 5.41) is 0.752. The van der Waals surface area contributed by atoms with E-state index in [1.54, 1.807) is 5.51 Å². The Kier molecular flexibility index (Phi) is 3.41. The number of rotatable bonds is 4. The van der Waals surface area contributed by atoms with Crippen LogP contribution in [0.25, 0.3) is 11.3 Å². The summed E-state index contributed by atoms with van der Waals surface area (Å²) < 4.78 is 5.51. The lowest BCUT2D eigenvalue weighted by atomic mass is 10.1. The number of ether oxygens (including phenoxy) is 1. The topological polar surface area (TPSA) is 48.1 Å². The standard InChI is InChI=1S/C12H14N2OS/c1-2-7-15-10-5-3-9(4-6-10)11-12(13)16-8-14-11/h3-6,8H,2,7,13H2,1H3. The molecule has 0 fully saturated rings. The lowest BCUT2D eigenvalue weighted by Gasteiger charge is -2.05. The van der Waals surface area contributed by atoms with Gasteiger partial charge in [0.15, 0.2) is 0 Å². The Morgan fingerprint density at radius 3 is 2.62 bits per heavy atom. The van der Waals surface area contributed by atoms with Gasteiger partial charge in [-0.2, -0.15) is 0 Å². The van der Waals surface area contributed by atoms with Crippen LogP contribution in [0.1, 0.15) is 13.3 Å². The molecule has 2 aromatic rings. The second-order valence-electron chi connectivity index (χ2n) is 3.44. The Bertz CT molecular complexity index is 450. The molecule has 0 amide bonds. The monoisotopic (exact) mass is 234 g/mol. The maximum atomic E-state index is 5.82. The fraction of sp³-hybridized carbons (Fsp3) is 0.250. The molecular formula is C12H14N2OS. The van der Waals surface area contributed by atoms with Gasteiger partial charge in [-0.15, -0.1) is 11.3 Å². The van der Waals surface area contributed by atoms with Gasteiger partial charge < -0.3 is 10.5 Å². The molecule has 2 N–H and O–H groups in total. The van der Waals surface area contributed by atoms with Gasteiger partial charge in [-0.1, -0.05) is 6.92 Å². The third kappa shape index (κ3) is 2.33. The van der Waals surface area contributed by atoms with Crippen LogP contribution in [0.15, 0.2) is 29.8 Å². The third-order valence-electron chi connectivity index (χ3n) is 2.20. The molecule has 1 aromatic carbocycles. The van der Waals surface area contributed by atoms with Crippen LogP contribution in [0.4, 0.5) is 5.00 Å². The molecule has 0 saturated heterocycles. The van der Waals surface area contributed by atoms with Crippen LogP contribution in [0, 0.1) is 0 Å². The predicted octanol–water partition coefficient (Wildman–Crippen LogP) is 3.18. The summed E-state index contributed by atoms with van der Waals surface area (Å²) in [5.74, 6) is 0.888. The summed E-state index contributed by atoms with van der Waals surface area (Å²) >= 11 is 1.45. The number of anilines is 1. The zero-order valence-corrected chi connectivity index (χ0v) is 9.96. The van der Waals surface area contributed by atoms with Gasteiger partial charge in [0, 0.05) is 5.56 Å². The van der Waals surface area contributed by atoms with Crippen LogP contribution in [0.5, 0.6) is 5.75 Å². The smallest absolute Gasteiger partial charge is 0.119 e. The van der Waals surface area contributed by atoms with Crippen molar-refractivity contribution in [2.24, 2.45) is 0 Å². The molecule has 0 aliphatic carbocycles. The highest BCUT2D eigenvalue weighted by molar-refractivity contribution is 7.14. The molecule has 0 saturated carbocycles. The quantitative estimate of drug-likeness (QED) is 0.883. The Labute approximate surface area is 98.9 Å². The van der Waals surface area contributed by atoms with Crippen molar-refractivity contribution in [3.63, 3.8) is 0 Å². The average Bonchev–Trinajstić information content (AvgIpc) is 2.74. The number of hydrogen-bond donors (Lipinski definition) is 1. The number of nitrogen functional groups attached to an aromatic ring is 1. The van der Waals surface area contributed by atoms with E-state index in [9.17, 15) is 0 Å². The number of nitrogens with two attached hydrogens (primary N) is 1. The predicted molar refractivity (Wildman–Crippen MR) is 67.7 cm³/mol. The molecule has 0 aliphatic heterocycles.